The van der Waals surface area contributed by atoms with Gasteiger partial charge in [-0.3, -0.25) is 0 Å². The summed E-state index contributed by atoms with van der Waals surface area (Å²) in [5.74, 6) is 1.35. The standard InChI is InChI=1S/C24H27NO3/c1-17-9-11-21(12-10-17)25-16-20-15-24(28-3)23(27-2)14-19(20)13-22(26)18-7-5-4-6-8-18/h4-12,14-15,22,25-26H,13,16H2,1-3H3. The van der Waals surface area contributed by atoms with Crippen LogP contribution < -0.4 is 14.8 Å². The number of hydrogen-bond donors (Lipinski definition) is 2. The van der Waals surface area contributed by atoms with E-state index < -0.39 is 6.10 Å². The molecule has 4 heteroatoms. The van der Waals surface area contributed by atoms with Crippen LogP contribution in [0, 0.1) is 6.92 Å². The first-order valence-electron chi connectivity index (χ1n) is 9.38. The molecule has 0 saturated heterocycles. The van der Waals surface area contributed by atoms with Crippen LogP contribution in [-0.4, -0.2) is 19.3 Å². The molecule has 3 rings (SSSR count). The van der Waals surface area contributed by atoms with Gasteiger partial charge in [-0.15, -0.1) is 0 Å². The fourth-order valence-corrected chi connectivity index (χ4v) is 3.19. The highest BCUT2D eigenvalue weighted by Crippen LogP contribution is 2.33. The van der Waals surface area contributed by atoms with Crippen LogP contribution in [0.4, 0.5) is 5.69 Å². The molecule has 0 aliphatic heterocycles. The lowest BCUT2D eigenvalue weighted by Crippen LogP contribution is -2.08. The van der Waals surface area contributed by atoms with E-state index in [1.54, 1.807) is 14.2 Å². The van der Waals surface area contributed by atoms with Crippen LogP contribution in [0.25, 0.3) is 0 Å². The molecule has 0 aromatic heterocycles. The number of aryl methyl sites for hydroxylation is 1. The largest absolute Gasteiger partial charge is 0.493 e. The lowest BCUT2D eigenvalue weighted by Gasteiger charge is -2.18. The van der Waals surface area contributed by atoms with Crippen molar-refractivity contribution in [2.24, 2.45) is 0 Å². The number of aliphatic hydroxyl groups excluding tert-OH is 1. The highest BCUT2D eigenvalue weighted by Gasteiger charge is 2.15. The van der Waals surface area contributed by atoms with Crippen molar-refractivity contribution in [1.29, 1.82) is 0 Å². The number of aliphatic hydroxyl groups is 1. The van der Waals surface area contributed by atoms with E-state index in [1.807, 2.05) is 42.5 Å². The average Bonchev–Trinajstić information content (AvgIpc) is 2.74. The Morgan fingerprint density at radius 1 is 0.857 bits per heavy atom. The van der Waals surface area contributed by atoms with Gasteiger partial charge in [-0.1, -0.05) is 48.0 Å². The number of benzene rings is 3. The summed E-state index contributed by atoms with van der Waals surface area (Å²) in [7, 11) is 3.26. The first kappa shape index (κ1) is 19.8. The Morgan fingerprint density at radius 2 is 1.46 bits per heavy atom. The number of ether oxygens (including phenoxy) is 2. The molecule has 0 fully saturated rings. The molecule has 3 aromatic rings. The van der Waals surface area contributed by atoms with E-state index in [-0.39, 0.29) is 0 Å². The van der Waals surface area contributed by atoms with Crippen molar-refractivity contribution in [1.82, 2.24) is 0 Å². The quantitative estimate of drug-likeness (QED) is 0.586. The number of rotatable bonds is 8. The van der Waals surface area contributed by atoms with Gasteiger partial charge in [0.25, 0.3) is 0 Å². The molecule has 4 nitrogen and oxygen atoms in total. The Balaban J connectivity index is 1.86. The molecule has 0 amide bonds. The molecular formula is C24H27NO3. The molecule has 0 spiro atoms. The van der Waals surface area contributed by atoms with Crippen molar-refractivity contribution in [3.63, 3.8) is 0 Å². The highest BCUT2D eigenvalue weighted by molar-refractivity contribution is 5.50. The lowest BCUT2D eigenvalue weighted by atomic mass is 9.96. The molecular weight excluding hydrogens is 350 g/mol. The zero-order valence-electron chi connectivity index (χ0n) is 16.6. The Kier molecular flexibility index (Phi) is 6.56. The Hall–Kier alpha value is -2.98. The monoisotopic (exact) mass is 377 g/mol. The zero-order chi connectivity index (χ0) is 19.9. The fourth-order valence-electron chi connectivity index (χ4n) is 3.19. The Labute approximate surface area is 166 Å². The van der Waals surface area contributed by atoms with Crippen LogP contribution in [0.3, 0.4) is 0 Å². The van der Waals surface area contributed by atoms with Gasteiger partial charge in [0.05, 0.1) is 20.3 Å². The summed E-state index contributed by atoms with van der Waals surface area (Å²) in [5.41, 5.74) is 5.26. The molecule has 0 radical (unpaired) electrons. The second-order valence-corrected chi connectivity index (χ2v) is 6.83. The molecule has 2 N–H and O–H groups in total. The average molecular weight is 377 g/mol. The molecule has 146 valence electrons. The van der Waals surface area contributed by atoms with Crippen molar-refractivity contribution in [2.75, 3.05) is 19.5 Å². The van der Waals surface area contributed by atoms with E-state index >= 15 is 0 Å². The van der Waals surface area contributed by atoms with Crippen molar-refractivity contribution >= 4 is 5.69 Å². The van der Waals surface area contributed by atoms with Gasteiger partial charge in [-0.2, -0.15) is 0 Å². The van der Waals surface area contributed by atoms with Crippen molar-refractivity contribution < 1.29 is 14.6 Å². The van der Waals surface area contributed by atoms with Gasteiger partial charge in [0.1, 0.15) is 0 Å². The van der Waals surface area contributed by atoms with Gasteiger partial charge in [-0.25, -0.2) is 0 Å². The summed E-state index contributed by atoms with van der Waals surface area (Å²) >= 11 is 0. The highest BCUT2D eigenvalue weighted by atomic mass is 16.5. The van der Waals surface area contributed by atoms with Gasteiger partial charge in [0.2, 0.25) is 0 Å². The van der Waals surface area contributed by atoms with E-state index in [0.29, 0.717) is 24.5 Å². The van der Waals surface area contributed by atoms with Crippen LogP contribution >= 0.6 is 0 Å². The summed E-state index contributed by atoms with van der Waals surface area (Å²) in [6.07, 6.45) is -0.0904. The summed E-state index contributed by atoms with van der Waals surface area (Å²) in [4.78, 5) is 0. The number of anilines is 1. The van der Waals surface area contributed by atoms with E-state index in [0.717, 1.165) is 22.4 Å². The first-order valence-corrected chi connectivity index (χ1v) is 9.38. The number of hydrogen-bond acceptors (Lipinski definition) is 4. The Morgan fingerprint density at radius 3 is 2.07 bits per heavy atom. The zero-order valence-corrected chi connectivity index (χ0v) is 16.6. The van der Waals surface area contributed by atoms with Crippen molar-refractivity contribution in [2.45, 2.75) is 26.0 Å². The van der Waals surface area contributed by atoms with E-state index in [9.17, 15) is 5.11 Å². The minimum atomic E-state index is -0.586. The number of nitrogens with one attached hydrogen (secondary N) is 1. The predicted octanol–water partition coefficient (Wildman–Crippen LogP) is 4.90. The molecule has 3 aromatic carbocycles. The number of methoxy groups -OCH3 is 2. The van der Waals surface area contributed by atoms with Crippen molar-refractivity contribution in [3.05, 3.63) is 89.0 Å². The van der Waals surface area contributed by atoms with Crippen LogP contribution in [0.2, 0.25) is 0 Å². The molecule has 0 heterocycles. The molecule has 0 aliphatic rings. The third-order valence-corrected chi connectivity index (χ3v) is 4.84. The molecule has 0 bridgehead atoms. The fraction of sp³-hybridized carbons (Fsp3) is 0.250. The van der Waals surface area contributed by atoms with Crippen LogP contribution in [-0.2, 0) is 13.0 Å². The van der Waals surface area contributed by atoms with Crippen LogP contribution in [0.1, 0.15) is 28.4 Å². The SMILES string of the molecule is COc1cc(CNc2ccc(C)cc2)c(CC(O)c2ccccc2)cc1OC. The molecule has 28 heavy (non-hydrogen) atoms. The second-order valence-electron chi connectivity index (χ2n) is 6.83. The second kappa shape index (κ2) is 9.29. The van der Waals surface area contributed by atoms with E-state index in [2.05, 4.69) is 36.5 Å². The summed E-state index contributed by atoms with van der Waals surface area (Å²) in [6, 6.07) is 21.9. The maximum Gasteiger partial charge on any atom is 0.161 e. The first-order chi connectivity index (χ1) is 13.6. The molecule has 0 aliphatic carbocycles. The minimum absolute atomic E-state index is 0.495. The topological polar surface area (TPSA) is 50.7 Å². The molecule has 1 atom stereocenters. The van der Waals surface area contributed by atoms with Gasteiger partial charge in [-0.05, 0) is 47.9 Å². The maximum atomic E-state index is 10.7. The summed E-state index contributed by atoms with van der Waals surface area (Å²) < 4.78 is 10.9. The predicted molar refractivity (Wildman–Crippen MR) is 113 cm³/mol. The van der Waals surface area contributed by atoms with Crippen molar-refractivity contribution in [3.8, 4) is 11.5 Å². The van der Waals surface area contributed by atoms with Crippen LogP contribution in [0.15, 0.2) is 66.7 Å². The lowest BCUT2D eigenvalue weighted by molar-refractivity contribution is 0.178. The minimum Gasteiger partial charge on any atom is -0.493 e. The summed E-state index contributed by atoms with van der Waals surface area (Å²) in [6.45, 7) is 2.70. The van der Waals surface area contributed by atoms with Gasteiger partial charge in [0, 0.05) is 18.7 Å². The Bertz CT molecular complexity index is 892. The van der Waals surface area contributed by atoms with Gasteiger partial charge in [0.15, 0.2) is 11.5 Å². The van der Waals surface area contributed by atoms with Gasteiger partial charge >= 0.3 is 0 Å². The van der Waals surface area contributed by atoms with E-state index in [1.165, 1.54) is 5.56 Å². The normalized spacial score (nSPS) is 11.7. The molecule has 0 saturated carbocycles. The third-order valence-electron chi connectivity index (χ3n) is 4.84. The molecule has 1 unspecified atom stereocenters. The van der Waals surface area contributed by atoms with Crippen LogP contribution in [0.5, 0.6) is 11.5 Å². The maximum absolute atomic E-state index is 10.7. The van der Waals surface area contributed by atoms with Gasteiger partial charge < -0.3 is 19.9 Å². The van der Waals surface area contributed by atoms with E-state index in [4.69, 9.17) is 9.47 Å². The summed E-state index contributed by atoms with van der Waals surface area (Å²) in [5, 5.41) is 14.2. The smallest absolute Gasteiger partial charge is 0.161 e. The third kappa shape index (κ3) is 4.84.